The molecule has 1 aromatic carbocycles. The Morgan fingerprint density at radius 1 is 1.12 bits per heavy atom. The lowest BCUT2D eigenvalue weighted by Gasteiger charge is -2.24. The first-order chi connectivity index (χ1) is 11.7. The molecule has 2 N–H and O–H groups in total. The molecule has 0 spiro atoms. The summed E-state index contributed by atoms with van der Waals surface area (Å²) in [5, 5.41) is 6.37. The van der Waals surface area contributed by atoms with E-state index >= 15 is 0 Å². The van der Waals surface area contributed by atoms with Crippen LogP contribution in [-0.2, 0) is 0 Å². The van der Waals surface area contributed by atoms with E-state index in [9.17, 15) is 4.79 Å². The molecule has 1 saturated heterocycles. The molecule has 0 unspecified atom stereocenters. The summed E-state index contributed by atoms with van der Waals surface area (Å²) < 4.78 is 17.0. The van der Waals surface area contributed by atoms with Gasteiger partial charge >= 0.3 is 0 Å². The van der Waals surface area contributed by atoms with Gasteiger partial charge in [-0.15, -0.1) is 12.4 Å². The van der Waals surface area contributed by atoms with Crippen LogP contribution >= 0.6 is 12.4 Å². The van der Waals surface area contributed by atoms with Gasteiger partial charge in [0.05, 0.1) is 19.8 Å². The van der Waals surface area contributed by atoms with E-state index in [1.165, 1.54) is 0 Å². The van der Waals surface area contributed by atoms with Crippen LogP contribution in [0.1, 0.15) is 44.0 Å². The number of halogens is 1. The first-order valence-corrected chi connectivity index (χ1v) is 8.77. The van der Waals surface area contributed by atoms with Gasteiger partial charge in [-0.25, -0.2) is 0 Å². The monoisotopic (exact) mass is 372 g/mol. The van der Waals surface area contributed by atoms with Crippen LogP contribution in [0, 0.1) is 0 Å². The zero-order valence-electron chi connectivity index (χ0n) is 15.2. The maximum Gasteiger partial charge on any atom is 0.251 e. The molecule has 0 saturated carbocycles. The maximum absolute atomic E-state index is 12.6. The summed E-state index contributed by atoms with van der Waals surface area (Å²) in [6.07, 6.45) is 2.06. The Morgan fingerprint density at radius 2 is 1.72 bits per heavy atom. The number of amides is 1. The molecular weight excluding hydrogens is 344 g/mol. The Hall–Kier alpha value is -1.66. The number of piperidine rings is 1. The van der Waals surface area contributed by atoms with E-state index in [0.717, 1.165) is 25.9 Å². The molecule has 0 aliphatic carbocycles. The van der Waals surface area contributed by atoms with Gasteiger partial charge in [-0.2, -0.15) is 0 Å². The summed E-state index contributed by atoms with van der Waals surface area (Å²) in [5.74, 6) is 1.51. The van der Waals surface area contributed by atoms with Crippen LogP contribution in [0.2, 0.25) is 0 Å². The van der Waals surface area contributed by atoms with E-state index in [0.29, 0.717) is 42.6 Å². The number of rotatable bonds is 8. The van der Waals surface area contributed by atoms with Crippen molar-refractivity contribution >= 4 is 18.3 Å². The lowest BCUT2D eigenvalue weighted by molar-refractivity contribution is 0.0929. The molecule has 1 atom stereocenters. The lowest BCUT2D eigenvalue weighted by Crippen LogP contribution is -2.45. The van der Waals surface area contributed by atoms with Crippen LogP contribution in [0.5, 0.6) is 17.2 Å². The predicted molar refractivity (Wildman–Crippen MR) is 101 cm³/mol. The van der Waals surface area contributed by atoms with Crippen molar-refractivity contribution in [2.45, 2.75) is 39.7 Å². The standard InChI is InChI=1S/C18H28N2O4.ClH/c1-4-22-15-10-13(11-16(23-5-2)17(15)24-6-3)18(21)20-14-8-7-9-19-12-14;/h10-11,14,19H,4-9,12H2,1-3H3,(H,20,21);1H/t14-;/m0./s1. The molecule has 1 aliphatic heterocycles. The van der Waals surface area contributed by atoms with Gasteiger partial charge in [-0.1, -0.05) is 0 Å². The van der Waals surface area contributed by atoms with Crippen molar-refractivity contribution in [3.05, 3.63) is 17.7 Å². The van der Waals surface area contributed by atoms with Crippen LogP contribution in [0.4, 0.5) is 0 Å². The summed E-state index contributed by atoms with van der Waals surface area (Å²) in [6, 6.07) is 3.61. The molecule has 25 heavy (non-hydrogen) atoms. The Morgan fingerprint density at radius 3 is 2.20 bits per heavy atom. The summed E-state index contributed by atoms with van der Waals surface area (Å²) >= 11 is 0. The maximum atomic E-state index is 12.6. The average molecular weight is 373 g/mol. The molecule has 1 aromatic rings. The fourth-order valence-corrected chi connectivity index (χ4v) is 2.76. The Kier molecular flexibility index (Phi) is 9.45. The highest BCUT2D eigenvalue weighted by Gasteiger charge is 2.21. The van der Waals surface area contributed by atoms with Crippen LogP contribution < -0.4 is 24.8 Å². The molecule has 7 heteroatoms. The summed E-state index contributed by atoms with van der Waals surface area (Å²) in [7, 11) is 0. The summed E-state index contributed by atoms with van der Waals surface area (Å²) in [4.78, 5) is 12.6. The van der Waals surface area contributed by atoms with E-state index < -0.39 is 0 Å². The highest BCUT2D eigenvalue weighted by molar-refractivity contribution is 5.95. The minimum atomic E-state index is -0.117. The molecule has 2 rings (SSSR count). The number of hydrogen-bond donors (Lipinski definition) is 2. The van der Waals surface area contributed by atoms with Gasteiger partial charge in [-0.05, 0) is 52.3 Å². The topological polar surface area (TPSA) is 68.8 Å². The van der Waals surface area contributed by atoms with E-state index in [4.69, 9.17) is 14.2 Å². The van der Waals surface area contributed by atoms with Crippen molar-refractivity contribution in [3.8, 4) is 17.2 Å². The molecule has 1 aliphatic rings. The van der Waals surface area contributed by atoms with Gasteiger partial charge in [0.15, 0.2) is 11.5 Å². The van der Waals surface area contributed by atoms with Crippen molar-refractivity contribution in [2.24, 2.45) is 0 Å². The fourth-order valence-electron chi connectivity index (χ4n) is 2.76. The third-order valence-corrected chi connectivity index (χ3v) is 3.80. The van der Waals surface area contributed by atoms with Crippen LogP contribution in [0.3, 0.4) is 0 Å². The number of ether oxygens (including phenoxy) is 3. The molecule has 1 fully saturated rings. The molecular formula is C18H29ClN2O4. The predicted octanol–water partition coefficient (Wildman–Crippen LogP) is 2.79. The van der Waals surface area contributed by atoms with Gasteiger partial charge in [0.1, 0.15) is 0 Å². The zero-order valence-corrected chi connectivity index (χ0v) is 16.0. The van der Waals surface area contributed by atoms with Crippen LogP contribution in [0.15, 0.2) is 12.1 Å². The smallest absolute Gasteiger partial charge is 0.251 e. The third kappa shape index (κ3) is 5.97. The molecule has 0 bridgehead atoms. The highest BCUT2D eigenvalue weighted by Crippen LogP contribution is 2.39. The van der Waals surface area contributed by atoms with Gasteiger partial charge in [0, 0.05) is 18.2 Å². The fraction of sp³-hybridized carbons (Fsp3) is 0.611. The lowest BCUT2D eigenvalue weighted by atomic mass is 10.1. The molecule has 6 nitrogen and oxygen atoms in total. The SMILES string of the molecule is CCOc1cc(C(=O)N[C@H]2CCCNC2)cc(OCC)c1OCC.Cl. The second kappa shape index (κ2) is 11.1. The minimum Gasteiger partial charge on any atom is -0.490 e. The van der Waals surface area contributed by atoms with E-state index in [2.05, 4.69) is 10.6 Å². The largest absolute Gasteiger partial charge is 0.490 e. The van der Waals surface area contributed by atoms with Gasteiger partial charge in [-0.3, -0.25) is 4.79 Å². The number of carbonyl (C=O) groups is 1. The highest BCUT2D eigenvalue weighted by atomic mass is 35.5. The van der Waals surface area contributed by atoms with Crippen molar-refractivity contribution in [1.82, 2.24) is 10.6 Å². The first kappa shape index (κ1) is 21.4. The summed E-state index contributed by atoms with van der Waals surface area (Å²) in [5.41, 5.74) is 0.524. The Balaban J connectivity index is 0.00000312. The van der Waals surface area contributed by atoms with E-state index in [1.54, 1.807) is 12.1 Å². The first-order valence-electron chi connectivity index (χ1n) is 8.77. The molecule has 1 amide bonds. The average Bonchev–Trinajstić information content (AvgIpc) is 2.58. The van der Waals surface area contributed by atoms with Crippen LogP contribution in [0.25, 0.3) is 0 Å². The molecule has 0 aromatic heterocycles. The number of benzene rings is 1. The molecule has 142 valence electrons. The van der Waals surface area contributed by atoms with Crippen LogP contribution in [-0.4, -0.2) is 44.9 Å². The summed E-state index contributed by atoms with van der Waals surface area (Å²) in [6.45, 7) is 9.00. The molecule has 1 heterocycles. The second-order valence-corrected chi connectivity index (χ2v) is 5.62. The zero-order chi connectivity index (χ0) is 17.4. The van der Waals surface area contributed by atoms with Crippen molar-refractivity contribution in [2.75, 3.05) is 32.9 Å². The van der Waals surface area contributed by atoms with Crippen molar-refractivity contribution in [3.63, 3.8) is 0 Å². The van der Waals surface area contributed by atoms with E-state index in [-0.39, 0.29) is 24.4 Å². The number of nitrogens with one attached hydrogen (secondary N) is 2. The number of carbonyl (C=O) groups excluding carboxylic acids is 1. The Labute approximate surface area is 156 Å². The van der Waals surface area contributed by atoms with Crippen molar-refractivity contribution in [1.29, 1.82) is 0 Å². The third-order valence-electron chi connectivity index (χ3n) is 3.80. The van der Waals surface area contributed by atoms with E-state index in [1.807, 2.05) is 20.8 Å². The van der Waals surface area contributed by atoms with Gasteiger partial charge in [0.2, 0.25) is 5.75 Å². The normalized spacial score (nSPS) is 16.5. The number of hydrogen-bond acceptors (Lipinski definition) is 5. The minimum absolute atomic E-state index is 0. The Bertz CT molecular complexity index is 521. The quantitative estimate of drug-likeness (QED) is 0.734. The molecule has 0 radical (unpaired) electrons. The van der Waals surface area contributed by atoms with Gasteiger partial charge in [0.25, 0.3) is 5.91 Å². The second-order valence-electron chi connectivity index (χ2n) is 5.62. The van der Waals surface area contributed by atoms with Gasteiger partial charge < -0.3 is 24.8 Å². The van der Waals surface area contributed by atoms with Crippen molar-refractivity contribution < 1.29 is 19.0 Å².